The molecule has 0 bridgehead atoms. The van der Waals surface area contributed by atoms with Gasteiger partial charge >= 0.3 is 0 Å². The van der Waals surface area contributed by atoms with E-state index in [1.165, 1.54) is 50.0 Å². The highest BCUT2D eigenvalue weighted by molar-refractivity contribution is 5.59. The van der Waals surface area contributed by atoms with Gasteiger partial charge in [-0.3, -0.25) is 0 Å². The van der Waals surface area contributed by atoms with Crippen molar-refractivity contribution < 1.29 is 4.74 Å². The number of fused-ring (bicyclic) bond motifs is 1. The van der Waals surface area contributed by atoms with Gasteiger partial charge in [-0.15, -0.1) is 0 Å². The smallest absolute Gasteiger partial charge is 0.142 e. The summed E-state index contributed by atoms with van der Waals surface area (Å²) in [6, 6.07) is 7.31. The van der Waals surface area contributed by atoms with Crippen molar-refractivity contribution in [2.24, 2.45) is 0 Å². The fourth-order valence-corrected chi connectivity index (χ4v) is 3.62. The fourth-order valence-electron chi connectivity index (χ4n) is 3.62. The molecule has 2 heterocycles. The van der Waals surface area contributed by atoms with E-state index in [2.05, 4.69) is 42.3 Å². The molecule has 3 heteroatoms. The second-order valence-corrected chi connectivity index (χ2v) is 6.86. The summed E-state index contributed by atoms with van der Waals surface area (Å²) in [4.78, 5) is 2.67. The van der Waals surface area contributed by atoms with E-state index in [1.54, 1.807) is 0 Å². The predicted molar refractivity (Wildman–Crippen MR) is 92.8 cm³/mol. The molecule has 0 spiro atoms. The minimum atomic E-state index is 0.314. The summed E-state index contributed by atoms with van der Waals surface area (Å²) in [7, 11) is 0. The molecule has 1 aromatic carbocycles. The van der Waals surface area contributed by atoms with Crippen LogP contribution in [0.4, 0.5) is 5.69 Å². The summed E-state index contributed by atoms with van der Waals surface area (Å²) >= 11 is 0. The highest BCUT2D eigenvalue weighted by atomic mass is 16.5. The van der Waals surface area contributed by atoms with Crippen LogP contribution in [0, 0.1) is 0 Å². The Hall–Kier alpha value is -1.22. The molecule has 1 fully saturated rings. The molecular formula is C19H30N2O. The molecule has 2 unspecified atom stereocenters. The van der Waals surface area contributed by atoms with Gasteiger partial charge in [-0.05, 0) is 63.4 Å². The van der Waals surface area contributed by atoms with Gasteiger partial charge in [0.25, 0.3) is 0 Å². The number of benzene rings is 1. The molecule has 3 nitrogen and oxygen atoms in total. The Labute approximate surface area is 135 Å². The van der Waals surface area contributed by atoms with Crippen molar-refractivity contribution in [3.05, 3.63) is 23.8 Å². The van der Waals surface area contributed by atoms with Gasteiger partial charge in [0.2, 0.25) is 0 Å². The largest absolute Gasteiger partial charge is 0.486 e. The molecule has 0 amide bonds. The van der Waals surface area contributed by atoms with Crippen LogP contribution in [0.1, 0.15) is 51.5 Å². The van der Waals surface area contributed by atoms with Crippen LogP contribution in [0.3, 0.4) is 0 Å². The summed E-state index contributed by atoms with van der Waals surface area (Å²) < 4.78 is 6.00. The zero-order valence-corrected chi connectivity index (χ0v) is 14.1. The Morgan fingerprint density at radius 2 is 2.00 bits per heavy atom. The van der Waals surface area contributed by atoms with Crippen molar-refractivity contribution in [1.29, 1.82) is 0 Å². The normalized spacial score (nSPS) is 23.8. The molecule has 2 aliphatic heterocycles. The van der Waals surface area contributed by atoms with Gasteiger partial charge in [-0.2, -0.15) is 0 Å². The summed E-state index contributed by atoms with van der Waals surface area (Å²) in [5.74, 6) is 1.02. The highest BCUT2D eigenvalue weighted by Gasteiger charge is 2.20. The molecular weight excluding hydrogens is 272 g/mol. The number of likely N-dealkylation sites (tertiary alicyclic amines) is 1. The third-order valence-electron chi connectivity index (χ3n) is 5.11. The van der Waals surface area contributed by atoms with Crippen LogP contribution in [-0.2, 0) is 6.42 Å². The van der Waals surface area contributed by atoms with Crippen LogP contribution >= 0.6 is 0 Å². The maximum Gasteiger partial charge on any atom is 0.142 e. The molecule has 1 saturated heterocycles. The van der Waals surface area contributed by atoms with Crippen LogP contribution in [-0.4, -0.2) is 36.7 Å². The summed E-state index contributed by atoms with van der Waals surface area (Å²) in [6.07, 6.45) is 8.04. The molecule has 0 aliphatic carbocycles. The molecule has 3 rings (SSSR count). The molecule has 0 radical (unpaired) electrons. The van der Waals surface area contributed by atoms with Gasteiger partial charge in [0.05, 0.1) is 12.2 Å². The average molecular weight is 302 g/mol. The van der Waals surface area contributed by atoms with Gasteiger partial charge in [0, 0.05) is 6.04 Å². The molecule has 1 N–H and O–H groups in total. The number of hydrogen-bond acceptors (Lipinski definition) is 3. The number of rotatable bonds is 4. The molecule has 0 aromatic heterocycles. The van der Waals surface area contributed by atoms with E-state index in [9.17, 15) is 0 Å². The second kappa shape index (κ2) is 7.36. The summed E-state index contributed by atoms with van der Waals surface area (Å²) in [5.41, 5.74) is 2.59. The maximum atomic E-state index is 6.00. The fraction of sp³-hybridized carbons (Fsp3) is 0.684. The second-order valence-electron chi connectivity index (χ2n) is 6.86. The molecule has 122 valence electrons. The highest BCUT2D eigenvalue weighted by Crippen LogP contribution is 2.31. The molecule has 0 saturated carbocycles. The number of hydrogen-bond donors (Lipinski definition) is 1. The van der Waals surface area contributed by atoms with E-state index in [0.717, 1.165) is 25.1 Å². The van der Waals surface area contributed by atoms with Crippen molar-refractivity contribution in [2.75, 3.05) is 25.0 Å². The first-order valence-electron chi connectivity index (χ1n) is 9.03. The van der Waals surface area contributed by atoms with Gasteiger partial charge in [-0.25, -0.2) is 0 Å². The first-order valence-corrected chi connectivity index (χ1v) is 9.03. The Bertz CT molecular complexity index is 480. The number of anilines is 1. The van der Waals surface area contributed by atoms with Crippen molar-refractivity contribution in [3.8, 4) is 5.75 Å². The maximum absolute atomic E-state index is 6.00. The van der Waals surface area contributed by atoms with E-state index in [1.807, 2.05) is 0 Å². The van der Waals surface area contributed by atoms with Crippen molar-refractivity contribution in [3.63, 3.8) is 0 Å². The van der Waals surface area contributed by atoms with Crippen molar-refractivity contribution >= 4 is 5.69 Å². The predicted octanol–water partition coefficient (Wildman–Crippen LogP) is 4.08. The van der Waals surface area contributed by atoms with Crippen LogP contribution in [0.2, 0.25) is 0 Å². The molecule has 2 aliphatic rings. The third-order valence-corrected chi connectivity index (χ3v) is 5.11. The minimum absolute atomic E-state index is 0.314. The standard InChI is InChI=1S/C19H30N2O/c1-3-17-14-20-18-13-16(8-9-19(18)22-17)12-15(2)21-10-6-4-5-7-11-21/h8-9,13,15,17,20H,3-7,10-12,14H2,1-2H3. The minimum Gasteiger partial charge on any atom is -0.486 e. The van der Waals surface area contributed by atoms with Gasteiger partial charge in [0.1, 0.15) is 11.9 Å². The van der Waals surface area contributed by atoms with E-state index in [-0.39, 0.29) is 0 Å². The Balaban J connectivity index is 1.63. The zero-order chi connectivity index (χ0) is 15.4. The van der Waals surface area contributed by atoms with Gasteiger partial charge < -0.3 is 15.0 Å². The van der Waals surface area contributed by atoms with Gasteiger partial charge in [0.15, 0.2) is 0 Å². The molecule has 22 heavy (non-hydrogen) atoms. The lowest BCUT2D eigenvalue weighted by atomic mass is 10.0. The Kier molecular flexibility index (Phi) is 5.24. The average Bonchev–Trinajstić information content (AvgIpc) is 2.83. The quantitative estimate of drug-likeness (QED) is 0.907. The molecule has 1 aromatic rings. The van der Waals surface area contributed by atoms with Crippen LogP contribution in [0.5, 0.6) is 5.75 Å². The monoisotopic (exact) mass is 302 g/mol. The van der Waals surface area contributed by atoms with Crippen molar-refractivity contribution in [2.45, 2.75) is 64.5 Å². The van der Waals surface area contributed by atoms with Crippen LogP contribution in [0.15, 0.2) is 18.2 Å². The Morgan fingerprint density at radius 3 is 2.73 bits per heavy atom. The summed E-state index contributed by atoms with van der Waals surface area (Å²) in [6.45, 7) is 8.02. The lowest BCUT2D eigenvalue weighted by Crippen LogP contribution is -2.35. The van der Waals surface area contributed by atoms with Crippen molar-refractivity contribution in [1.82, 2.24) is 4.90 Å². The lowest BCUT2D eigenvalue weighted by molar-refractivity contribution is 0.201. The van der Waals surface area contributed by atoms with E-state index in [0.29, 0.717) is 12.1 Å². The summed E-state index contributed by atoms with van der Waals surface area (Å²) in [5, 5.41) is 3.53. The number of nitrogens with zero attached hydrogens (tertiary/aromatic N) is 1. The Morgan fingerprint density at radius 1 is 1.23 bits per heavy atom. The first kappa shape index (κ1) is 15.7. The lowest BCUT2D eigenvalue weighted by Gasteiger charge is -2.29. The van der Waals surface area contributed by atoms with Crippen LogP contribution < -0.4 is 10.1 Å². The van der Waals surface area contributed by atoms with E-state index < -0.39 is 0 Å². The van der Waals surface area contributed by atoms with Crippen LogP contribution in [0.25, 0.3) is 0 Å². The molecule has 2 atom stereocenters. The topological polar surface area (TPSA) is 24.5 Å². The van der Waals surface area contributed by atoms with E-state index >= 15 is 0 Å². The number of nitrogens with one attached hydrogen (secondary N) is 1. The first-order chi connectivity index (χ1) is 10.8. The SMILES string of the molecule is CCC1CNc2cc(CC(C)N3CCCCCC3)ccc2O1. The number of ether oxygens (including phenoxy) is 1. The van der Waals surface area contributed by atoms with Gasteiger partial charge in [-0.1, -0.05) is 25.8 Å². The van der Waals surface area contributed by atoms with E-state index in [4.69, 9.17) is 4.74 Å². The third kappa shape index (κ3) is 3.75. The zero-order valence-electron chi connectivity index (χ0n) is 14.1.